The van der Waals surface area contributed by atoms with Crippen LogP contribution in [0.25, 0.3) is 0 Å². The quantitative estimate of drug-likeness (QED) is 0.477. The fraction of sp³-hybridized carbons (Fsp3) is 0.500. The zero-order chi connectivity index (χ0) is 5.82. The summed E-state index contributed by atoms with van der Waals surface area (Å²) in [7, 11) is 0. The minimum absolute atomic E-state index is 0.882. The second kappa shape index (κ2) is 2.71. The van der Waals surface area contributed by atoms with Crippen LogP contribution in [-0.4, -0.2) is 0 Å². The van der Waals surface area contributed by atoms with Gasteiger partial charge in [0.15, 0.2) is 0 Å². The summed E-state index contributed by atoms with van der Waals surface area (Å²) in [6.07, 6.45) is 10.3. The van der Waals surface area contributed by atoms with Crippen molar-refractivity contribution in [2.45, 2.75) is 19.3 Å². The highest BCUT2D eigenvalue weighted by Gasteiger charge is 2.06. The van der Waals surface area contributed by atoms with Crippen molar-refractivity contribution in [3.05, 3.63) is 24.8 Å². The largest absolute Gasteiger partial charge is 0.103 e. The Labute approximate surface area is 50.9 Å². The molecule has 0 aromatic rings. The fourth-order valence-corrected chi connectivity index (χ4v) is 1.10. The lowest BCUT2D eigenvalue weighted by atomic mass is 10.0. The van der Waals surface area contributed by atoms with Gasteiger partial charge in [0.05, 0.1) is 0 Å². The Balaban J connectivity index is 2.19. The summed E-state index contributed by atoms with van der Waals surface area (Å²) in [6.45, 7) is 3.70. The highest BCUT2D eigenvalue weighted by atomic mass is 14.1. The third-order valence-electron chi connectivity index (χ3n) is 1.61. The molecular weight excluding hydrogens is 96.1 g/mol. The van der Waals surface area contributed by atoms with E-state index < -0.39 is 0 Å². The van der Waals surface area contributed by atoms with Gasteiger partial charge in [-0.05, 0) is 25.2 Å². The first-order valence-corrected chi connectivity index (χ1v) is 3.19. The summed E-state index contributed by atoms with van der Waals surface area (Å²) < 4.78 is 0. The van der Waals surface area contributed by atoms with Gasteiger partial charge in [0.2, 0.25) is 0 Å². The first-order chi connectivity index (χ1) is 3.93. The molecule has 0 fully saturated rings. The van der Waals surface area contributed by atoms with Gasteiger partial charge < -0.3 is 0 Å². The molecule has 1 aliphatic carbocycles. The van der Waals surface area contributed by atoms with Gasteiger partial charge in [0.25, 0.3) is 0 Å². The van der Waals surface area contributed by atoms with Crippen molar-refractivity contribution < 1.29 is 0 Å². The number of hydrogen-bond acceptors (Lipinski definition) is 0. The standard InChI is InChI=1S/C8H12/c1-2-5-8-6-3-4-7-8/h2-4,8H,1,5-7H2. The van der Waals surface area contributed by atoms with Gasteiger partial charge in [-0.1, -0.05) is 18.2 Å². The van der Waals surface area contributed by atoms with E-state index in [4.69, 9.17) is 0 Å². The lowest BCUT2D eigenvalue weighted by Crippen LogP contribution is -1.88. The molecule has 0 unspecified atom stereocenters. The van der Waals surface area contributed by atoms with Crippen LogP contribution in [0.2, 0.25) is 0 Å². The van der Waals surface area contributed by atoms with Crippen LogP contribution in [0, 0.1) is 5.92 Å². The van der Waals surface area contributed by atoms with Gasteiger partial charge in [0.1, 0.15) is 0 Å². The molecule has 0 bridgehead atoms. The van der Waals surface area contributed by atoms with Crippen LogP contribution in [0.15, 0.2) is 24.8 Å². The Morgan fingerprint density at radius 2 is 2.12 bits per heavy atom. The molecule has 0 heterocycles. The summed E-state index contributed by atoms with van der Waals surface area (Å²) in [5.41, 5.74) is 0. The summed E-state index contributed by atoms with van der Waals surface area (Å²) in [5, 5.41) is 0. The molecule has 0 saturated carbocycles. The molecule has 0 radical (unpaired) electrons. The highest BCUT2D eigenvalue weighted by Crippen LogP contribution is 2.20. The molecule has 0 atom stereocenters. The van der Waals surface area contributed by atoms with Gasteiger partial charge in [-0.2, -0.15) is 0 Å². The number of allylic oxidation sites excluding steroid dienone is 3. The fourth-order valence-electron chi connectivity index (χ4n) is 1.10. The number of rotatable bonds is 2. The van der Waals surface area contributed by atoms with E-state index in [1.54, 1.807) is 0 Å². The minimum Gasteiger partial charge on any atom is -0.103 e. The summed E-state index contributed by atoms with van der Waals surface area (Å²) >= 11 is 0. The predicted molar refractivity (Wildman–Crippen MR) is 36.7 cm³/mol. The molecule has 8 heavy (non-hydrogen) atoms. The molecule has 0 aromatic heterocycles. The van der Waals surface area contributed by atoms with E-state index in [9.17, 15) is 0 Å². The average Bonchev–Trinajstić information content (AvgIpc) is 2.19. The van der Waals surface area contributed by atoms with Crippen molar-refractivity contribution in [1.82, 2.24) is 0 Å². The molecular formula is C8H12. The van der Waals surface area contributed by atoms with Gasteiger partial charge in [-0.15, -0.1) is 6.58 Å². The molecule has 0 saturated heterocycles. The van der Waals surface area contributed by atoms with Crippen molar-refractivity contribution in [2.75, 3.05) is 0 Å². The molecule has 0 aromatic carbocycles. The average molecular weight is 108 g/mol. The Morgan fingerprint density at radius 1 is 1.50 bits per heavy atom. The SMILES string of the molecule is C=CCC1CC=CC1. The normalized spacial score (nSPS) is 19.5. The third kappa shape index (κ3) is 1.22. The molecule has 1 aliphatic rings. The van der Waals surface area contributed by atoms with Crippen molar-refractivity contribution in [3.63, 3.8) is 0 Å². The van der Waals surface area contributed by atoms with Crippen LogP contribution in [0.1, 0.15) is 19.3 Å². The first kappa shape index (κ1) is 5.61. The Hall–Kier alpha value is -0.520. The Bertz CT molecular complexity index is 92.6. The Morgan fingerprint density at radius 3 is 2.62 bits per heavy atom. The first-order valence-electron chi connectivity index (χ1n) is 3.19. The van der Waals surface area contributed by atoms with Crippen LogP contribution in [0.3, 0.4) is 0 Å². The molecule has 0 aliphatic heterocycles. The molecule has 1 rings (SSSR count). The molecule has 0 amide bonds. The summed E-state index contributed by atoms with van der Waals surface area (Å²) in [4.78, 5) is 0. The zero-order valence-corrected chi connectivity index (χ0v) is 5.14. The van der Waals surface area contributed by atoms with Crippen LogP contribution in [0.5, 0.6) is 0 Å². The van der Waals surface area contributed by atoms with E-state index in [0.717, 1.165) is 5.92 Å². The molecule has 0 spiro atoms. The van der Waals surface area contributed by atoms with Crippen molar-refractivity contribution in [1.29, 1.82) is 0 Å². The van der Waals surface area contributed by atoms with Gasteiger partial charge >= 0.3 is 0 Å². The maximum atomic E-state index is 3.70. The highest BCUT2D eigenvalue weighted by molar-refractivity contribution is 4.95. The van der Waals surface area contributed by atoms with Crippen LogP contribution >= 0.6 is 0 Å². The monoisotopic (exact) mass is 108 g/mol. The van der Waals surface area contributed by atoms with E-state index in [1.165, 1.54) is 19.3 Å². The van der Waals surface area contributed by atoms with Gasteiger partial charge in [-0.25, -0.2) is 0 Å². The van der Waals surface area contributed by atoms with Crippen molar-refractivity contribution >= 4 is 0 Å². The molecule has 0 nitrogen and oxygen atoms in total. The third-order valence-corrected chi connectivity index (χ3v) is 1.61. The maximum absolute atomic E-state index is 3.70. The minimum atomic E-state index is 0.882. The van der Waals surface area contributed by atoms with E-state index in [0.29, 0.717) is 0 Å². The van der Waals surface area contributed by atoms with Crippen LogP contribution in [-0.2, 0) is 0 Å². The molecule has 44 valence electrons. The van der Waals surface area contributed by atoms with Gasteiger partial charge in [-0.3, -0.25) is 0 Å². The van der Waals surface area contributed by atoms with Gasteiger partial charge in [0, 0.05) is 0 Å². The van der Waals surface area contributed by atoms with E-state index in [-0.39, 0.29) is 0 Å². The zero-order valence-electron chi connectivity index (χ0n) is 5.14. The molecule has 0 heteroatoms. The lowest BCUT2D eigenvalue weighted by molar-refractivity contribution is 0.581. The predicted octanol–water partition coefficient (Wildman–Crippen LogP) is 2.53. The van der Waals surface area contributed by atoms with E-state index in [2.05, 4.69) is 18.7 Å². The summed E-state index contributed by atoms with van der Waals surface area (Å²) in [5.74, 6) is 0.882. The van der Waals surface area contributed by atoms with Crippen molar-refractivity contribution in [2.24, 2.45) is 5.92 Å². The van der Waals surface area contributed by atoms with E-state index in [1.807, 2.05) is 6.08 Å². The Kier molecular flexibility index (Phi) is 1.90. The second-order valence-electron chi connectivity index (χ2n) is 2.33. The summed E-state index contributed by atoms with van der Waals surface area (Å²) in [6, 6.07) is 0. The number of hydrogen-bond donors (Lipinski definition) is 0. The van der Waals surface area contributed by atoms with Crippen molar-refractivity contribution in [3.8, 4) is 0 Å². The topological polar surface area (TPSA) is 0 Å². The van der Waals surface area contributed by atoms with E-state index >= 15 is 0 Å². The van der Waals surface area contributed by atoms with Crippen LogP contribution < -0.4 is 0 Å². The lowest BCUT2D eigenvalue weighted by Gasteiger charge is -2.01. The second-order valence-corrected chi connectivity index (χ2v) is 2.33. The van der Waals surface area contributed by atoms with Crippen LogP contribution in [0.4, 0.5) is 0 Å². The maximum Gasteiger partial charge on any atom is -0.0310 e. The smallest absolute Gasteiger partial charge is 0.0310 e. The molecule has 0 N–H and O–H groups in total.